The summed E-state index contributed by atoms with van der Waals surface area (Å²) in [5, 5.41) is 218. The summed E-state index contributed by atoms with van der Waals surface area (Å²) in [7, 11) is 0. The first-order chi connectivity index (χ1) is 49.3. The molecule has 105 heavy (non-hydrogen) atoms. The Labute approximate surface area is 607 Å². The highest BCUT2D eigenvalue weighted by Crippen LogP contribution is 2.76. The molecule has 41 atom stereocenters. The Kier molecular flexibility index (Phi) is 24.6. The molecule has 604 valence electrons. The minimum absolute atomic E-state index is 0.0698. The van der Waals surface area contributed by atoms with Gasteiger partial charge in [0.05, 0.1) is 57.3 Å². The lowest BCUT2D eigenvalue weighted by atomic mass is 9.33. The van der Waals surface area contributed by atoms with Crippen molar-refractivity contribution in [1.29, 1.82) is 0 Å². The molecule has 5 aliphatic carbocycles. The highest BCUT2D eigenvalue weighted by atomic mass is 16.8. The normalized spacial score (nSPS) is 54.2. The molecule has 41 unspecified atom stereocenters. The summed E-state index contributed by atoms with van der Waals surface area (Å²) in [4.78, 5) is 15.3. The molecular formula is C70H114O35. The topological polar surface area (TPSA) is 551 Å². The number of aliphatic hydroxyl groups excluding tert-OH is 20. The Balaban J connectivity index is 0.684. The highest BCUT2D eigenvalue weighted by Gasteiger charge is 2.71. The van der Waals surface area contributed by atoms with E-state index >= 15 is 4.79 Å². The number of rotatable bonds is 18. The third-order valence-corrected chi connectivity index (χ3v) is 26.9. The largest absolute Gasteiger partial charge is 0.432 e. The van der Waals surface area contributed by atoms with Crippen molar-refractivity contribution in [2.24, 2.45) is 50.2 Å². The summed E-state index contributed by atoms with van der Waals surface area (Å²) in [6, 6.07) is 0. The minimum atomic E-state index is -2.02. The number of carbonyl (C=O) groups is 1. The van der Waals surface area contributed by atoms with Crippen LogP contribution >= 0.6 is 0 Å². The molecule has 0 radical (unpaired) electrons. The van der Waals surface area contributed by atoms with E-state index in [0.29, 0.717) is 51.4 Å². The first-order valence-corrected chi connectivity index (χ1v) is 37.0. The van der Waals surface area contributed by atoms with E-state index in [1.807, 2.05) is 0 Å². The van der Waals surface area contributed by atoms with Gasteiger partial charge in [-0.3, -0.25) is 4.79 Å². The average molecular weight is 1520 g/mol. The SMILES string of the molecule is CC1OC(OC2C(CO)OC(OCC3OC(OC(=O)C45CCC(C)(C)CC4C4=CCC6C7(C)CCC(OC8OCC(O)C(OC9OC(CO)C(OC%10OC(CO)C(O)C(OC%11OCC(O)C(O)C%11O)C%10O)C(O)C9O)C8O)C(C)(C)C7CCC6(C)C4(C)CC5)C(O)C(O)C3O)C(O)C2O)C(O)C(O)C1O. The van der Waals surface area contributed by atoms with Crippen LogP contribution in [0.4, 0.5) is 0 Å². The zero-order valence-electron chi connectivity index (χ0n) is 60.3. The zero-order valence-corrected chi connectivity index (χ0v) is 60.3. The van der Waals surface area contributed by atoms with E-state index < -0.39 is 271 Å². The maximum Gasteiger partial charge on any atom is 0.315 e. The standard InChI is InChI=1S/C70H114O35/c1-26-38(76)42(80)47(85)60(95-26)102-54-32(21-72)97-57(49(87)44(54)82)94-25-34-40(78)43(81)48(86)62(99-34)105-64(91)70-17-15-65(2,3)19-28(70)27-9-10-36-67(6)13-12-37(66(4,5)35(67)11-14-69(36,8)68(27,7)16-18-70)100-59-51(89)53(30(75)24-93-59)101-61-50(88)45(83)55(33(22-73)98-61)103-63-52(90)56(41(79)31(20-71)96-63)104-58-46(84)39(77)29(74)23-92-58/h9,26,28-63,71-90H,10-25H2,1-8H3. The number of carbonyl (C=O) groups excluding carboxylic acids is 1. The lowest BCUT2D eigenvalue weighted by molar-refractivity contribution is -0.385. The summed E-state index contributed by atoms with van der Waals surface area (Å²) in [6.45, 7) is 13.0. The molecule has 11 fully saturated rings. The van der Waals surface area contributed by atoms with Crippen molar-refractivity contribution in [2.45, 2.75) is 328 Å². The van der Waals surface area contributed by atoms with Gasteiger partial charge in [0.1, 0.15) is 153 Å². The Bertz CT molecular complexity index is 2970. The zero-order chi connectivity index (χ0) is 76.4. The summed E-state index contributed by atoms with van der Waals surface area (Å²) < 4.78 is 82.2. The van der Waals surface area contributed by atoms with Crippen LogP contribution in [0.15, 0.2) is 11.6 Å². The van der Waals surface area contributed by atoms with Crippen molar-refractivity contribution in [3.05, 3.63) is 11.6 Å². The minimum Gasteiger partial charge on any atom is -0.432 e. The van der Waals surface area contributed by atoms with Crippen molar-refractivity contribution < 1.29 is 173 Å². The van der Waals surface area contributed by atoms with E-state index in [0.717, 1.165) is 12.8 Å². The first-order valence-electron chi connectivity index (χ1n) is 37.0. The molecule has 7 heterocycles. The second-order valence-electron chi connectivity index (χ2n) is 33.8. The molecule has 0 aromatic heterocycles. The van der Waals surface area contributed by atoms with Crippen molar-refractivity contribution >= 4 is 5.97 Å². The van der Waals surface area contributed by atoms with Gasteiger partial charge >= 0.3 is 5.97 Å². The fourth-order valence-corrected chi connectivity index (χ4v) is 20.3. The molecule has 35 nitrogen and oxygen atoms in total. The number of esters is 1. The van der Waals surface area contributed by atoms with Crippen LogP contribution in [0.3, 0.4) is 0 Å². The monoisotopic (exact) mass is 1510 g/mol. The van der Waals surface area contributed by atoms with Gasteiger partial charge < -0.3 is 168 Å². The van der Waals surface area contributed by atoms with E-state index in [2.05, 4.69) is 54.5 Å². The van der Waals surface area contributed by atoms with Gasteiger partial charge in [-0.05, 0) is 116 Å². The Morgan fingerprint density at radius 3 is 1.60 bits per heavy atom. The number of allylic oxidation sites excluding steroid dienone is 2. The van der Waals surface area contributed by atoms with Gasteiger partial charge in [-0.2, -0.15) is 0 Å². The molecule has 0 spiro atoms. The summed E-state index contributed by atoms with van der Waals surface area (Å²) in [5.41, 5.74) is -1.64. The van der Waals surface area contributed by atoms with Crippen LogP contribution in [0.1, 0.15) is 120 Å². The molecule has 7 saturated heterocycles. The molecule has 0 aromatic carbocycles. The molecule has 0 aromatic rings. The molecule has 0 bridgehead atoms. The van der Waals surface area contributed by atoms with Crippen LogP contribution < -0.4 is 0 Å². The van der Waals surface area contributed by atoms with Gasteiger partial charge in [0, 0.05) is 0 Å². The number of fused-ring (bicyclic) bond motifs is 7. The molecule has 7 aliphatic heterocycles. The van der Waals surface area contributed by atoms with E-state index in [9.17, 15) is 102 Å². The predicted molar refractivity (Wildman–Crippen MR) is 347 cm³/mol. The van der Waals surface area contributed by atoms with Gasteiger partial charge in [-0.1, -0.05) is 60.1 Å². The Morgan fingerprint density at radius 1 is 0.448 bits per heavy atom. The number of hydrogen-bond donors (Lipinski definition) is 20. The molecule has 12 rings (SSSR count). The van der Waals surface area contributed by atoms with Gasteiger partial charge in [0.2, 0.25) is 6.29 Å². The molecule has 0 amide bonds. The van der Waals surface area contributed by atoms with Crippen molar-refractivity contribution in [3.8, 4) is 0 Å². The fraction of sp³-hybridized carbons (Fsp3) is 0.957. The van der Waals surface area contributed by atoms with Crippen molar-refractivity contribution in [1.82, 2.24) is 0 Å². The Hall–Kier alpha value is -2.11. The average Bonchev–Trinajstić information content (AvgIpc) is 0.675. The number of hydrogen-bond acceptors (Lipinski definition) is 35. The third-order valence-electron chi connectivity index (χ3n) is 26.9. The maximum absolute atomic E-state index is 15.3. The quantitative estimate of drug-likeness (QED) is 0.0345. The van der Waals surface area contributed by atoms with Crippen LogP contribution in [-0.2, 0) is 71.1 Å². The third kappa shape index (κ3) is 14.6. The predicted octanol–water partition coefficient (Wildman–Crippen LogP) is -6.26. The van der Waals surface area contributed by atoms with E-state index in [-0.39, 0.29) is 34.0 Å². The molecule has 20 N–H and O–H groups in total. The van der Waals surface area contributed by atoms with Gasteiger partial charge in [0.25, 0.3) is 0 Å². The van der Waals surface area contributed by atoms with Crippen LogP contribution in [0.2, 0.25) is 0 Å². The summed E-state index contributed by atoms with van der Waals surface area (Å²) in [5.74, 6) is -0.728. The Morgan fingerprint density at radius 2 is 0.952 bits per heavy atom. The smallest absolute Gasteiger partial charge is 0.315 e. The van der Waals surface area contributed by atoms with Crippen molar-refractivity contribution in [3.63, 3.8) is 0 Å². The van der Waals surface area contributed by atoms with E-state index in [4.69, 9.17) is 66.3 Å². The lowest BCUT2D eigenvalue weighted by Crippen LogP contribution is -2.67. The van der Waals surface area contributed by atoms with Crippen LogP contribution in [0.25, 0.3) is 0 Å². The van der Waals surface area contributed by atoms with Gasteiger partial charge in [-0.15, -0.1) is 0 Å². The molecule has 35 heteroatoms. The van der Waals surface area contributed by atoms with E-state index in [1.165, 1.54) is 12.5 Å². The lowest BCUT2D eigenvalue weighted by Gasteiger charge is -2.71. The second kappa shape index (κ2) is 31.3. The molecule has 12 aliphatic rings. The number of ether oxygens (including phenoxy) is 14. The molecule has 4 saturated carbocycles. The van der Waals surface area contributed by atoms with Gasteiger partial charge in [-0.25, -0.2) is 0 Å². The van der Waals surface area contributed by atoms with Crippen LogP contribution in [0, 0.1) is 50.2 Å². The van der Waals surface area contributed by atoms with Crippen molar-refractivity contribution in [2.75, 3.05) is 39.6 Å². The number of aliphatic hydroxyl groups is 20. The van der Waals surface area contributed by atoms with Crippen LogP contribution in [-0.4, -0.2) is 357 Å². The van der Waals surface area contributed by atoms with Crippen LogP contribution in [0.5, 0.6) is 0 Å². The second-order valence-corrected chi connectivity index (χ2v) is 33.8. The first kappa shape index (κ1) is 82.4. The highest BCUT2D eigenvalue weighted by molar-refractivity contribution is 5.79. The molecular weight excluding hydrogens is 1400 g/mol. The van der Waals surface area contributed by atoms with E-state index in [1.54, 1.807) is 0 Å². The fourth-order valence-electron chi connectivity index (χ4n) is 20.3. The summed E-state index contributed by atoms with van der Waals surface area (Å²) in [6.07, 6.45) is -48.0. The maximum atomic E-state index is 15.3. The summed E-state index contributed by atoms with van der Waals surface area (Å²) >= 11 is 0. The van der Waals surface area contributed by atoms with Gasteiger partial charge in [0.15, 0.2) is 37.7 Å².